The molecule has 0 bridgehead atoms. The quantitative estimate of drug-likeness (QED) is 0.773. The summed E-state index contributed by atoms with van der Waals surface area (Å²) in [6, 6.07) is 7.72. The van der Waals surface area contributed by atoms with Gasteiger partial charge in [-0.25, -0.2) is 0 Å². The Hall–Kier alpha value is -1.61. The summed E-state index contributed by atoms with van der Waals surface area (Å²) >= 11 is 0. The number of hydrogen-bond donors (Lipinski definition) is 2. The molecule has 0 aliphatic heterocycles. The Morgan fingerprint density at radius 3 is 2.63 bits per heavy atom. The summed E-state index contributed by atoms with van der Waals surface area (Å²) in [5, 5.41) is 12.0. The molecule has 0 heterocycles. The second-order valence-corrected chi connectivity index (χ2v) is 5.21. The Bertz CT molecular complexity index is 438. The minimum Gasteiger partial charge on any atom is -0.394 e. The van der Waals surface area contributed by atoms with Crippen molar-refractivity contribution in [1.82, 2.24) is 5.32 Å². The number of amides is 1. The molecule has 1 unspecified atom stereocenters. The molecule has 0 fully saturated rings. The van der Waals surface area contributed by atoms with E-state index in [4.69, 9.17) is 0 Å². The van der Waals surface area contributed by atoms with E-state index in [9.17, 15) is 9.90 Å². The number of aliphatic hydroxyl groups excluding tert-OH is 1. The first kappa shape index (κ1) is 15.4. The predicted octanol–water partition coefficient (Wildman–Crippen LogP) is 2.53. The molecular weight excluding hydrogens is 238 g/mol. The minimum atomic E-state index is -0.172. The monoisotopic (exact) mass is 261 g/mol. The zero-order valence-corrected chi connectivity index (χ0v) is 11.9. The molecule has 1 aromatic carbocycles. The molecule has 1 amide bonds. The van der Waals surface area contributed by atoms with Gasteiger partial charge in [-0.1, -0.05) is 38.1 Å². The average Bonchev–Trinajstić information content (AvgIpc) is 2.36. The van der Waals surface area contributed by atoms with Crippen molar-refractivity contribution in [3.8, 4) is 0 Å². The van der Waals surface area contributed by atoms with Crippen LogP contribution in [0.2, 0.25) is 0 Å². The first-order chi connectivity index (χ1) is 9.02. The van der Waals surface area contributed by atoms with Crippen molar-refractivity contribution in [1.29, 1.82) is 0 Å². The molecule has 0 aromatic heterocycles. The second-order valence-electron chi connectivity index (χ2n) is 5.21. The Morgan fingerprint density at radius 2 is 2.05 bits per heavy atom. The highest BCUT2D eigenvalue weighted by atomic mass is 16.3. The van der Waals surface area contributed by atoms with E-state index in [1.807, 2.05) is 31.2 Å². The molecule has 1 atom stereocenters. The SMILES string of the molecule is Cc1ccccc1C=CC(=O)NC(CO)CC(C)C. The fraction of sp³-hybridized carbons (Fsp3) is 0.438. The van der Waals surface area contributed by atoms with E-state index in [2.05, 4.69) is 19.2 Å². The number of carbonyl (C=O) groups is 1. The van der Waals surface area contributed by atoms with Crippen LogP contribution in [0, 0.1) is 12.8 Å². The number of hydrogen-bond acceptors (Lipinski definition) is 2. The van der Waals surface area contributed by atoms with Crippen LogP contribution in [-0.2, 0) is 4.79 Å². The molecule has 0 aliphatic rings. The number of nitrogens with one attached hydrogen (secondary N) is 1. The van der Waals surface area contributed by atoms with E-state index < -0.39 is 0 Å². The maximum atomic E-state index is 11.8. The Labute approximate surface area is 115 Å². The fourth-order valence-electron chi connectivity index (χ4n) is 1.94. The Balaban J connectivity index is 2.57. The van der Waals surface area contributed by atoms with Crippen molar-refractivity contribution >= 4 is 12.0 Å². The van der Waals surface area contributed by atoms with E-state index >= 15 is 0 Å². The molecule has 1 rings (SSSR count). The van der Waals surface area contributed by atoms with E-state index in [0.29, 0.717) is 5.92 Å². The van der Waals surface area contributed by atoms with Gasteiger partial charge in [0.2, 0.25) is 5.91 Å². The van der Waals surface area contributed by atoms with Crippen LogP contribution in [-0.4, -0.2) is 23.7 Å². The maximum Gasteiger partial charge on any atom is 0.244 e. The van der Waals surface area contributed by atoms with Gasteiger partial charge >= 0.3 is 0 Å². The molecule has 3 heteroatoms. The van der Waals surface area contributed by atoms with Crippen LogP contribution in [0.5, 0.6) is 0 Å². The van der Waals surface area contributed by atoms with Crippen LogP contribution in [0.1, 0.15) is 31.4 Å². The molecule has 0 saturated heterocycles. The smallest absolute Gasteiger partial charge is 0.244 e. The van der Waals surface area contributed by atoms with E-state index in [1.54, 1.807) is 6.08 Å². The van der Waals surface area contributed by atoms with Crippen molar-refractivity contribution < 1.29 is 9.90 Å². The van der Waals surface area contributed by atoms with Crippen molar-refractivity contribution in [2.75, 3.05) is 6.61 Å². The largest absolute Gasteiger partial charge is 0.394 e. The van der Waals surface area contributed by atoms with Crippen LogP contribution in [0.25, 0.3) is 6.08 Å². The summed E-state index contributed by atoms with van der Waals surface area (Å²) in [5.41, 5.74) is 2.16. The van der Waals surface area contributed by atoms with Gasteiger partial charge in [0.1, 0.15) is 0 Å². The third-order valence-corrected chi connectivity index (χ3v) is 2.93. The zero-order valence-electron chi connectivity index (χ0n) is 11.9. The van der Waals surface area contributed by atoms with E-state index in [1.165, 1.54) is 6.08 Å². The van der Waals surface area contributed by atoms with Crippen LogP contribution >= 0.6 is 0 Å². The Morgan fingerprint density at radius 1 is 1.37 bits per heavy atom. The highest BCUT2D eigenvalue weighted by Crippen LogP contribution is 2.09. The molecule has 3 nitrogen and oxygen atoms in total. The number of rotatable bonds is 6. The summed E-state index contributed by atoms with van der Waals surface area (Å²) in [5.74, 6) is 0.278. The summed E-state index contributed by atoms with van der Waals surface area (Å²) in [4.78, 5) is 11.8. The number of benzene rings is 1. The molecule has 1 aromatic rings. The van der Waals surface area contributed by atoms with Crippen LogP contribution in [0.15, 0.2) is 30.3 Å². The van der Waals surface area contributed by atoms with Gasteiger partial charge in [-0.05, 0) is 36.5 Å². The summed E-state index contributed by atoms with van der Waals surface area (Å²) < 4.78 is 0. The summed E-state index contributed by atoms with van der Waals surface area (Å²) in [7, 11) is 0. The first-order valence-electron chi connectivity index (χ1n) is 6.68. The van der Waals surface area contributed by atoms with Crippen molar-refractivity contribution in [3.63, 3.8) is 0 Å². The fourth-order valence-corrected chi connectivity index (χ4v) is 1.94. The van der Waals surface area contributed by atoms with E-state index in [0.717, 1.165) is 17.5 Å². The molecule has 19 heavy (non-hydrogen) atoms. The lowest BCUT2D eigenvalue weighted by Crippen LogP contribution is -2.37. The number of carbonyl (C=O) groups excluding carboxylic acids is 1. The van der Waals surface area contributed by atoms with Gasteiger partial charge in [0.05, 0.1) is 12.6 Å². The summed E-state index contributed by atoms with van der Waals surface area (Å²) in [6.45, 7) is 6.12. The van der Waals surface area contributed by atoms with Gasteiger partial charge in [-0.15, -0.1) is 0 Å². The highest BCUT2D eigenvalue weighted by Gasteiger charge is 2.11. The van der Waals surface area contributed by atoms with Gasteiger partial charge in [-0.3, -0.25) is 4.79 Å². The van der Waals surface area contributed by atoms with Gasteiger partial charge in [-0.2, -0.15) is 0 Å². The predicted molar refractivity (Wildman–Crippen MR) is 78.7 cm³/mol. The first-order valence-corrected chi connectivity index (χ1v) is 6.68. The maximum absolute atomic E-state index is 11.8. The van der Waals surface area contributed by atoms with Gasteiger partial charge in [0.25, 0.3) is 0 Å². The molecule has 0 aliphatic carbocycles. The zero-order chi connectivity index (χ0) is 14.3. The normalized spacial score (nSPS) is 12.9. The Kier molecular flexibility index (Phi) is 6.30. The van der Waals surface area contributed by atoms with Crippen LogP contribution < -0.4 is 5.32 Å². The minimum absolute atomic E-state index is 0.0257. The highest BCUT2D eigenvalue weighted by molar-refractivity contribution is 5.92. The van der Waals surface area contributed by atoms with Gasteiger partial charge in [0.15, 0.2) is 0 Å². The molecule has 0 saturated carbocycles. The molecule has 0 radical (unpaired) electrons. The van der Waals surface area contributed by atoms with Crippen LogP contribution in [0.4, 0.5) is 0 Å². The standard InChI is InChI=1S/C16H23NO2/c1-12(2)10-15(11-18)17-16(19)9-8-14-7-5-4-6-13(14)3/h4-9,12,15,18H,10-11H2,1-3H3,(H,17,19). The number of aliphatic hydroxyl groups is 1. The molecule has 2 N–H and O–H groups in total. The molecular formula is C16H23NO2. The summed E-state index contributed by atoms with van der Waals surface area (Å²) in [6.07, 6.45) is 4.10. The van der Waals surface area contributed by atoms with Crippen molar-refractivity contribution in [2.24, 2.45) is 5.92 Å². The van der Waals surface area contributed by atoms with Gasteiger partial charge in [0, 0.05) is 6.08 Å². The lowest BCUT2D eigenvalue weighted by Gasteiger charge is -2.17. The van der Waals surface area contributed by atoms with Gasteiger partial charge < -0.3 is 10.4 Å². The average molecular weight is 261 g/mol. The lowest BCUT2D eigenvalue weighted by molar-refractivity contribution is -0.117. The van der Waals surface area contributed by atoms with Crippen molar-refractivity contribution in [2.45, 2.75) is 33.2 Å². The second kappa shape index (κ2) is 7.74. The lowest BCUT2D eigenvalue weighted by atomic mass is 10.0. The van der Waals surface area contributed by atoms with E-state index in [-0.39, 0.29) is 18.6 Å². The molecule has 104 valence electrons. The topological polar surface area (TPSA) is 49.3 Å². The third-order valence-electron chi connectivity index (χ3n) is 2.93. The van der Waals surface area contributed by atoms with Crippen molar-refractivity contribution in [3.05, 3.63) is 41.5 Å². The van der Waals surface area contributed by atoms with Crippen LogP contribution in [0.3, 0.4) is 0 Å². The third kappa shape index (κ3) is 5.71. The number of aryl methyl sites for hydroxylation is 1. The molecule has 0 spiro atoms.